The van der Waals surface area contributed by atoms with E-state index in [2.05, 4.69) is 10.1 Å². The van der Waals surface area contributed by atoms with E-state index in [1.807, 2.05) is 0 Å². The Morgan fingerprint density at radius 1 is 1.13 bits per heavy atom. The minimum atomic E-state index is -3.99. The van der Waals surface area contributed by atoms with E-state index in [1.54, 1.807) is 11.8 Å². The van der Waals surface area contributed by atoms with E-state index in [-0.39, 0.29) is 59.8 Å². The van der Waals surface area contributed by atoms with Crippen LogP contribution < -0.4 is 0 Å². The van der Waals surface area contributed by atoms with Crippen LogP contribution in [0.2, 0.25) is 0 Å². The minimum absolute atomic E-state index is 0.0900. The molecule has 0 saturated carbocycles. The van der Waals surface area contributed by atoms with E-state index in [9.17, 15) is 18.0 Å². The Kier molecular flexibility index (Phi) is 7.06. The fraction of sp³-hybridized carbons (Fsp3) is 0.556. The van der Waals surface area contributed by atoms with Gasteiger partial charge in [0.05, 0.1) is 18.6 Å². The van der Waals surface area contributed by atoms with Gasteiger partial charge in [-0.3, -0.25) is 4.79 Å². The van der Waals surface area contributed by atoms with E-state index in [0.717, 1.165) is 0 Å². The van der Waals surface area contributed by atoms with Crippen molar-refractivity contribution in [3.8, 4) is 0 Å². The van der Waals surface area contributed by atoms with Gasteiger partial charge >= 0.3 is 5.97 Å². The molecule has 1 aliphatic rings. The Hall–Kier alpha value is -2.38. The number of hydrogen-bond acceptors (Lipinski definition) is 10. The number of methoxy groups -OCH3 is 1. The standard InChI is InChI=1S/C18H24N4O7S2/c1-11-16(18(24)27-4)17(12(2)28-11)31(25,26)22-7-5-21(6-8-22)15(23)10-30-9-14-19-13(3)29-20-14/h5-10H2,1-4H3. The number of nitrogens with zero attached hydrogens (tertiary/aromatic N) is 4. The van der Waals surface area contributed by atoms with Gasteiger partial charge in [0.1, 0.15) is 22.0 Å². The first-order valence-corrected chi connectivity index (χ1v) is 12.1. The minimum Gasteiger partial charge on any atom is -0.465 e. The highest BCUT2D eigenvalue weighted by molar-refractivity contribution is 7.99. The van der Waals surface area contributed by atoms with Gasteiger partial charge in [-0.25, -0.2) is 13.2 Å². The van der Waals surface area contributed by atoms with Crippen molar-refractivity contribution >= 4 is 33.7 Å². The Bertz CT molecular complexity index is 1070. The molecular weight excluding hydrogens is 448 g/mol. The molecule has 1 saturated heterocycles. The van der Waals surface area contributed by atoms with Gasteiger partial charge in [-0.2, -0.15) is 9.29 Å². The fourth-order valence-corrected chi connectivity index (χ4v) is 5.89. The predicted molar refractivity (Wildman–Crippen MR) is 110 cm³/mol. The SMILES string of the molecule is COC(=O)c1c(C)oc(C)c1S(=O)(=O)N1CCN(C(=O)CSCc2noc(C)n2)CC1. The Morgan fingerprint density at radius 2 is 1.81 bits per heavy atom. The zero-order valence-corrected chi connectivity index (χ0v) is 19.3. The second-order valence-electron chi connectivity index (χ2n) is 6.92. The molecule has 2 aromatic heterocycles. The van der Waals surface area contributed by atoms with Crippen molar-refractivity contribution in [1.82, 2.24) is 19.3 Å². The summed E-state index contributed by atoms with van der Waals surface area (Å²) in [5.41, 5.74) is -0.0911. The third-order valence-corrected chi connectivity index (χ3v) is 7.78. The number of carbonyl (C=O) groups excluding carboxylic acids is 2. The number of aromatic nitrogens is 2. The average molecular weight is 473 g/mol. The van der Waals surface area contributed by atoms with Gasteiger partial charge in [0, 0.05) is 33.1 Å². The molecule has 1 aliphatic heterocycles. The number of esters is 1. The number of amides is 1. The van der Waals surface area contributed by atoms with Crippen LogP contribution in [0, 0.1) is 20.8 Å². The van der Waals surface area contributed by atoms with Crippen LogP contribution in [0.25, 0.3) is 0 Å². The Morgan fingerprint density at radius 3 is 2.39 bits per heavy atom. The summed E-state index contributed by atoms with van der Waals surface area (Å²) in [7, 11) is -2.81. The lowest BCUT2D eigenvalue weighted by atomic mass is 10.2. The van der Waals surface area contributed by atoms with E-state index < -0.39 is 16.0 Å². The van der Waals surface area contributed by atoms with Gasteiger partial charge in [-0.05, 0) is 13.8 Å². The van der Waals surface area contributed by atoms with Gasteiger partial charge in [0.15, 0.2) is 5.82 Å². The molecule has 0 atom stereocenters. The molecule has 3 rings (SSSR count). The summed E-state index contributed by atoms with van der Waals surface area (Å²) in [4.78, 5) is 30.1. The molecule has 1 fully saturated rings. The van der Waals surface area contributed by atoms with E-state index in [4.69, 9.17) is 13.7 Å². The fourth-order valence-electron chi connectivity index (χ4n) is 3.34. The van der Waals surface area contributed by atoms with Crippen LogP contribution in [0.15, 0.2) is 13.8 Å². The number of sulfonamides is 1. The maximum Gasteiger partial charge on any atom is 0.342 e. The zero-order chi connectivity index (χ0) is 22.8. The van der Waals surface area contributed by atoms with E-state index in [1.165, 1.54) is 37.0 Å². The quantitative estimate of drug-likeness (QED) is 0.540. The molecule has 0 unspecified atom stereocenters. The Labute approximate surface area is 184 Å². The summed E-state index contributed by atoms with van der Waals surface area (Å²) in [6.45, 7) is 5.45. The summed E-state index contributed by atoms with van der Waals surface area (Å²) >= 11 is 1.37. The number of thioether (sulfide) groups is 1. The first kappa shape index (κ1) is 23.3. The summed E-state index contributed by atoms with van der Waals surface area (Å²) in [6, 6.07) is 0. The number of carbonyl (C=O) groups is 2. The largest absolute Gasteiger partial charge is 0.465 e. The van der Waals surface area contributed by atoms with Crippen LogP contribution in [-0.4, -0.2) is 78.7 Å². The zero-order valence-electron chi connectivity index (χ0n) is 17.7. The molecule has 2 aromatic rings. The van der Waals surface area contributed by atoms with Crippen LogP contribution in [0.5, 0.6) is 0 Å². The van der Waals surface area contributed by atoms with Crippen LogP contribution >= 0.6 is 11.8 Å². The first-order valence-electron chi connectivity index (χ1n) is 9.48. The summed E-state index contributed by atoms with van der Waals surface area (Å²) < 4.78 is 42.7. The summed E-state index contributed by atoms with van der Waals surface area (Å²) in [6.07, 6.45) is 0. The summed E-state index contributed by atoms with van der Waals surface area (Å²) in [5.74, 6) is 1.13. The normalized spacial score (nSPS) is 15.3. The molecular formula is C18H24N4O7S2. The molecule has 0 aliphatic carbocycles. The van der Waals surface area contributed by atoms with Gasteiger partial charge in [-0.15, -0.1) is 11.8 Å². The van der Waals surface area contributed by atoms with Crippen molar-refractivity contribution in [2.75, 3.05) is 39.0 Å². The van der Waals surface area contributed by atoms with E-state index >= 15 is 0 Å². The van der Waals surface area contributed by atoms with E-state index in [0.29, 0.717) is 17.5 Å². The second kappa shape index (κ2) is 9.40. The monoisotopic (exact) mass is 472 g/mol. The van der Waals surface area contributed by atoms with Gasteiger partial charge in [-0.1, -0.05) is 5.16 Å². The van der Waals surface area contributed by atoms with Crippen molar-refractivity contribution < 1.29 is 31.7 Å². The number of hydrogen-bond donors (Lipinski definition) is 0. The highest BCUT2D eigenvalue weighted by atomic mass is 32.2. The molecule has 3 heterocycles. The van der Waals surface area contributed by atoms with Crippen molar-refractivity contribution in [3.63, 3.8) is 0 Å². The molecule has 0 spiro atoms. The van der Waals surface area contributed by atoms with Crippen LogP contribution in [0.4, 0.5) is 0 Å². The molecule has 13 heteroatoms. The smallest absolute Gasteiger partial charge is 0.342 e. The lowest BCUT2D eigenvalue weighted by Gasteiger charge is -2.34. The third-order valence-electron chi connectivity index (χ3n) is 4.81. The second-order valence-corrected chi connectivity index (χ2v) is 9.78. The van der Waals surface area contributed by atoms with Crippen molar-refractivity contribution in [2.24, 2.45) is 0 Å². The van der Waals surface area contributed by atoms with Crippen LogP contribution in [0.1, 0.15) is 33.6 Å². The van der Waals surface area contributed by atoms with Crippen LogP contribution in [0.3, 0.4) is 0 Å². The van der Waals surface area contributed by atoms with Gasteiger partial charge < -0.3 is 18.6 Å². The number of aryl methyl sites for hydroxylation is 3. The average Bonchev–Trinajstić information content (AvgIpc) is 3.29. The topological polar surface area (TPSA) is 136 Å². The molecule has 0 N–H and O–H groups in total. The number of rotatable bonds is 7. The molecule has 170 valence electrons. The maximum atomic E-state index is 13.2. The number of furan rings is 1. The lowest BCUT2D eigenvalue weighted by Crippen LogP contribution is -2.51. The Balaban J connectivity index is 1.61. The highest BCUT2D eigenvalue weighted by Gasteiger charge is 2.37. The number of ether oxygens (including phenoxy) is 1. The van der Waals surface area contributed by atoms with Crippen LogP contribution in [-0.2, 0) is 25.3 Å². The summed E-state index contributed by atoms with van der Waals surface area (Å²) in [5, 5.41) is 3.78. The van der Waals surface area contributed by atoms with Gasteiger partial charge in [0.25, 0.3) is 0 Å². The molecule has 0 bridgehead atoms. The van der Waals surface area contributed by atoms with Crippen molar-refractivity contribution in [3.05, 3.63) is 28.8 Å². The van der Waals surface area contributed by atoms with Gasteiger partial charge in [0.2, 0.25) is 21.8 Å². The molecule has 0 radical (unpaired) electrons. The third kappa shape index (κ3) is 4.93. The molecule has 1 amide bonds. The number of piperazine rings is 1. The molecule has 11 nitrogen and oxygen atoms in total. The predicted octanol–water partition coefficient (Wildman–Crippen LogP) is 1.14. The highest BCUT2D eigenvalue weighted by Crippen LogP contribution is 2.30. The van der Waals surface area contributed by atoms with Crippen molar-refractivity contribution in [2.45, 2.75) is 31.4 Å². The maximum absolute atomic E-state index is 13.2. The first-order chi connectivity index (χ1) is 14.6. The lowest BCUT2D eigenvalue weighted by molar-refractivity contribution is -0.129. The molecule has 0 aromatic carbocycles. The molecule has 31 heavy (non-hydrogen) atoms. The van der Waals surface area contributed by atoms with Crippen molar-refractivity contribution in [1.29, 1.82) is 0 Å².